The van der Waals surface area contributed by atoms with Crippen LogP contribution in [0.1, 0.15) is 12.0 Å². The molecule has 0 spiro atoms. The van der Waals surface area contributed by atoms with E-state index in [9.17, 15) is 14.4 Å². The smallest absolute Gasteiger partial charge is 0.323 e. The lowest BCUT2D eigenvalue weighted by atomic mass is 10.1. The van der Waals surface area contributed by atoms with E-state index in [0.717, 1.165) is 5.56 Å². The van der Waals surface area contributed by atoms with Crippen molar-refractivity contribution in [1.29, 1.82) is 0 Å². The average molecular weight is 294 g/mol. The minimum absolute atomic E-state index is 0.287. The predicted molar refractivity (Wildman–Crippen MR) is 74.3 cm³/mol. The van der Waals surface area contributed by atoms with Crippen LogP contribution < -0.4 is 11.5 Å². The number of hydrogen-bond donors (Lipinski definition) is 3. The Hall–Kier alpha value is -2.25. The monoisotopic (exact) mass is 294 g/mol. The first kappa shape index (κ1) is 16.8. The molecule has 0 amide bonds. The molecule has 0 heterocycles. The van der Waals surface area contributed by atoms with E-state index >= 15 is 0 Å². The van der Waals surface area contributed by atoms with Crippen molar-refractivity contribution >= 4 is 17.7 Å². The van der Waals surface area contributed by atoms with Crippen LogP contribution in [0.2, 0.25) is 0 Å². The van der Waals surface area contributed by atoms with Crippen molar-refractivity contribution in [3.05, 3.63) is 35.9 Å². The maximum Gasteiger partial charge on any atom is 0.323 e. The summed E-state index contributed by atoms with van der Waals surface area (Å²) in [6, 6.07) is 7.04. The average Bonchev–Trinajstić information content (AvgIpc) is 2.44. The number of hydrogen-bond acceptors (Lipinski definition) is 6. The van der Waals surface area contributed by atoms with Crippen molar-refractivity contribution in [2.75, 3.05) is 6.61 Å². The van der Waals surface area contributed by atoms with Crippen molar-refractivity contribution in [1.82, 2.24) is 0 Å². The number of rotatable bonds is 8. The summed E-state index contributed by atoms with van der Waals surface area (Å²) in [6.07, 6.45) is -0.221. The quantitative estimate of drug-likeness (QED) is 0.549. The molecule has 7 heteroatoms. The number of benzene rings is 1. The van der Waals surface area contributed by atoms with E-state index < -0.39 is 42.8 Å². The van der Waals surface area contributed by atoms with Crippen molar-refractivity contribution in [3.63, 3.8) is 0 Å². The highest BCUT2D eigenvalue weighted by atomic mass is 16.5. The molecule has 7 nitrogen and oxygen atoms in total. The molecule has 0 aliphatic rings. The van der Waals surface area contributed by atoms with E-state index in [1.165, 1.54) is 0 Å². The van der Waals surface area contributed by atoms with Crippen LogP contribution in [0.25, 0.3) is 0 Å². The molecule has 21 heavy (non-hydrogen) atoms. The second-order valence-corrected chi connectivity index (χ2v) is 4.57. The van der Waals surface area contributed by atoms with Gasteiger partial charge in [0.25, 0.3) is 0 Å². The molecule has 1 aromatic rings. The largest absolute Gasteiger partial charge is 0.481 e. The zero-order chi connectivity index (χ0) is 15.8. The van der Waals surface area contributed by atoms with Crippen LogP contribution in [-0.4, -0.2) is 41.5 Å². The molecule has 0 radical (unpaired) electrons. The molecular formula is C14H18N2O5. The number of ketones is 1. The van der Waals surface area contributed by atoms with Gasteiger partial charge in [0, 0.05) is 0 Å². The van der Waals surface area contributed by atoms with Crippen LogP contribution in [0, 0.1) is 0 Å². The van der Waals surface area contributed by atoms with Crippen LogP contribution in [0.5, 0.6) is 0 Å². The summed E-state index contributed by atoms with van der Waals surface area (Å²) in [6.45, 7) is -0.574. The summed E-state index contributed by atoms with van der Waals surface area (Å²) in [7, 11) is 0. The Morgan fingerprint density at radius 3 is 2.29 bits per heavy atom. The topological polar surface area (TPSA) is 133 Å². The molecule has 114 valence electrons. The first-order valence-electron chi connectivity index (χ1n) is 6.36. The molecule has 0 aromatic heterocycles. The van der Waals surface area contributed by atoms with Crippen molar-refractivity contribution in [2.45, 2.75) is 24.9 Å². The Morgan fingerprint density at radius 1 is 1.10 bits per heavy atom. The molecule has 0 fully saturated rings. The molecule has 5 N–H and O–H groups in total. The van der Waals surface area contributed by atoms with E-state index in [2.05, 4.69) is 0 Å². The van der Waals surface area contributed by atoms with Gasteiger partial charge in [0.1, 0.15) is 6.04 Å². The minimum Gasteiger partial charge on any atom is -0.481 e. The highest BCUT2D eigenvalue weighted by molar-refractivity contribution is 5.90. The fourth-order valence-corrected chi connectivity index (χ4v) is 1.61. The molecule has 0 aliphatic heterocycles. The van der Waals surface area contributed by atoms with E-state index in [4.69, 9.17) is 21.3 Å². The van der Waals surface area contributed by atoms with Crippen molar-refractivity contribution < 1.29 is 24.2 Å². The lowest BCUT2D eigenvalue weighted by Crippen LogP contribution is -2.39. The number of ether oxygens (including phenoxy) is 1. The standard InChI is InChI=1S/C14H18N2O5/c15-10(7-13(18)19)12(17)8-21-14(20)11(16)6-9-4-2-1-3-5-9/h1-5,10-11H,6-8,15-16H2,(H,18,19)/t10-,11-/m0/s1. The number of carboxylic acids is 1. The van der Waals surface area contributed by atoms with Crippen LogP contribution >= 0.6 is 0 Å². The van der Waals surface area contributed by atoms with Gasteiger partial charge in [-0.05, 0) is 12.0 Å². The zero-order valence-corrected chi connectivity index (χ0v) is 11.4. The van der Waals surface area contributed by atoms with E-state index in [-0.39, 0.29) is 6.42 Å². The van der Waals surface area contributed by atoms with E-state index in [1.54, 1.807) is 0 Å². The Balaban J connectivity index is 2.39. The van der Waals surface area contributed by atoms with Crippen LogP contribution in [0.15, 0.2) is 30.3 Å². The normalized spacial score (nSPS) is 13.2. The van der Waals surface area contributed by atoms with Crippen molar-refractivity contribution in [2.24, 2.45) is 11.5 Å². The SMILES string of the molecule is N[C@@H](CC(=O)O)C(=O)COC(=O)[C@@H](N)Cc1ccccc1. The third-order valence-corrected chi connectivity index (χ3v) is 2.77. The van der Waals surface area contributed by atoms with Gasteiger partial charge in [-0.2, -0.15) is 0 Å². The van der Waals surface area contributed by atoms with E-state index in [0.29, 0.717) is 0 Å². The molecular weight excluding hydrogens is 276 g/mol. The number of carboxylic acid groups (broad SMARTS) is 1. The first-order chi connectivity index (χ1) is 9.90. The summed E-state index contributed by atoms with van der Waals surface area (Å²) in [5.74, 6) is -2.57. The maximum atomic E-state index is 11.6. The van der Waals surface area contributed by atoms with Gasteiger partial charge in [-0.1, -0.05) is 30.3 Å². The minimum atomic E-state index is -1.19. The van der Waals surface area contributed by atoms with Crippen molar-refractivity contribution in [3.8, 4) is 0 Å². The molecule has 0 saturated carbocycles. The fourth-order valence-electron chi connectivity index (χ4n) is 1.61. The van der Waals surface area contributed by atoms with Gasteiger partial charge < -0.3 is 21.3 Å². The van der Waals surface area contributed by atoms with Gasteiger partial charge in [0.2, 0.25) is 0 Å². The highest BCUT2D eigenvalue weighted by Gasteiger charge is 2.21. The summed E-state index contributed by atoms with van der Waals surface area (Å²) >= 11 is 0. The molecule has 0 saturated heterocycles. The van der Waals surface area contributed by atoms with Gasteiger partial charge >= 0.3 is 11.9 Å². The molecule has 0 bridgehead atoms. The number of aliphatic carboxylic acids is 1. The second kappa shape index (κ2) is 8.13. The van der Waals surface area contributed by atoms with Gasteiger partial charge in [0.05, 0.1) is 12.5 Å². The highest BCUT2D eigenvalue weighted by Crippen LogP contribution is 2.03. The molecule has 0 aliphatic carbocycles. The van der Waals surface area contributed by atoms with Gasteiger partial charge in [-0.15, -0.1) is 0 Å². The first-order valence-corrected chi connectivity index (χ1v) is 6.36. The van der Waals surface area contributed by atoms with Gasteiger partial charge in [-0.25, -0.2) is 0 Å². The Kier molecular flexibility index (Phi) is 6.51. The van der Waals surface area contributed by atoms with Crippen LogP contribution in [-0.2, 0) is 25.5 Å². The molecule has 0 unspecified atom stereocenters. The predicted octanol–water partition coefficient (Wildman–Crippen LogP) is -0.529. The maximum absolute atomic E-state index is 11.6. The summed E-state index contributed by atoms with van der Waals surface area (Å²) in [5, 5.41) is 8.50. The summed E-state index contributed by atoms with van der Waals surface area (Å²) in [5.41, 5.74) is 11.9. The molecule has 2 atom stereocenters. The Bertz CT molecular complexity index is 503. The lowest BCUT2D eigenvalue weighted by molar-refractivity contribution is -0.149. The fraction of sp³-hybridized carbons (Fsp3) is 0.357. The number of carbonyl (C=O) groups is 3. The Labute approximate surface area is 121 Å². The Morgan fingerprint density at radius 2 is 1.71 bits per heavy atom. The number of esters is 1. The second-order valence-electron chi connectivity index (χ2n) is 4.57. The number of Topliss-reactive ketones (excluding diaryl/α,β-unsaturated/α-hetero) is 1. The van der Waals surface area contributed by atoms with Gasteiger partial charge in [0.15, 0.2) is 12.4 Å². The zero-order valence-electron chi connectivity index (χ0n) is 11.4. The lowest BCUT2D eigenvalue weighted by Gasteiger charge is -2.12. The summed E-state index contributed by atoms with van der Waals surface area (Å²) < 4.78 is 4.75. The third-order valence-electron chi connectivity index (χ3n) is 2.77. The third kappa shape index (κ3) is 6.15. The molecule has 1 rings (SSSR count). The van der Waals surface area contributed by atoms with E-state index in [1.807, 2.05) is 30.3 Å². The summed E-state index contributed by atoms with van der Waals surface area (Å²) in [4.78, 5) is 33.5. The number of carbonyl (C=O) groups excluding carboxylic acids is 2. The molecule has 1 aromatic carbocycles. The number of nitrogens with two attached hydrogens (primary N) is 2. The van der Waals surface area contributed by atoms with Crippen LogP contribution in [0.3, 0.4) is 0 Å². The van der Waals surface area contributed by atoms with Gasteiger partial charge in [-0.3, -0.25) is 14.4 Å². The van der Waals surface area contributed by atoms with Crippen LogP contribution in [0.4, 0.5) is 0 Å².